The average molecular weight is 592 g/mol. The van der Waals surface area contributed by atoms with E-state index in [0.717, 1.165) is 11.1 Å². The van der Waals surface area contributed by atoms with Crippen LogP contribution in [0.3, 0.4) is 0 Å². The highest BCUT2D eigenvalue weighted by atomic mass is 35.5. The molecular formula is C32H34ClN3O6. The van der Waals surface area contributed by atoms with Crippen LogP contribution in [0.4, 0.5) is 5.82 Å². The third-order valence-corrected chi connectivity index (χ3v) is 6.83. The van der Waals surface area contributed by atoms with Crippen LogP contribution >= 0.6 is 11.6 Å². The fraction of sp³-hybridized carbons (Fsp3) is 0.281. The van der Waals surface area contributed by atoms with Crippen LogP contribution < -0.4 is 24.7 Å². The molecule has 0 atom stereocenters. The number of anilines is 1. The Morgan fingerprint density at radius 3 is 1.90 bits per heavy atom. The number of carbonyl (C=O) groups excluding carboxylic acids is 1. The maximum absolute atomic E-state index is 14.0. The van der Waals surface area contributed by atoms with Gasteiger partial charge in [-0.25, -0.2) is 9.78 Å². The molecule has 0 saturated heterocycles. The number of benzene rings is 3. The molecule has 0 amide bonds. The number of esters is 1. The monoisotopic (exact) mass is 591 g/mol. The predicted octanol–water partition coefficient (Wildman–Crippen LogP) is 5.99. The SMILES string of the molecule is COC(=O)c1c(N(Cc2ccc(OC)cc2)Cc2ccc(OC)cc2)ncn(-c2c(C)cc(OC(C)C)cc2Cl)c1=O. The van der Waals surface area contributed by atoms with E-state index in [4.69, 9.17) is 30.5 Å². The summed E-state index contributed by atoms with van der Waals surface area (Å²) in [6, 6.07) is 18.5. The Kier molecular flexibility index (Phi) is 9.75. The Hall–Kier alpha value is -4.50. The van der Waals surface area contributed by atoms with Gasteiger partial charge in [-0.2, -0.15) is 0 Å². The summed E-state index contributed by atoms with van der Waals surface area (Å²) in [6.07, 6.45) is 1.33. The summed E-state index contributed by atoms with van der Waals surface area (Å²) >= 11 is 6.64. The van der Waals surface area contributed by atoms with Crippen LogP contribution in [0.25, 0.3) is 5.69 Å². The number of rotatable bonds is 11. The summed E-state index contributed by atoms with van der Waals surface area (Å²) in [6.45, 7) is 6.33. The first-order valence-corrected chi connectivity index (χ1v) is 13.7. The summed E-state index contributed by atoms with van der Waals surface area (Å²) in [5.41, 5.74) is 2.11. The third kappa shape index (κ3) is 6.86. The highest BCUT2D eigenvalue weighted by molar-refractivity contribution is 6.32. The third-order valence-electron chi connectivity index (χ3n) is 6.55. The lowest BCUT2D eigenvalue weighted by molar-refractivity contribution is 0.0598. The fourth-order valence-corrected chi connectivity index (χ4v) is 4.93. The van der Waals surface area contributed by atoms with Crippen molar-refractivity contribution in [2.45, 2.75) is 40.0 Å². The first kappa shape index (κ1) is 30.5. The van der Waals surface area contributed by atoms with Crippen molar-refractivity contribution in [1.29, 1.82) is 0 Å². The topological polar surface area (TPSA) is 92.1 Å². The van der Waals surface area contributed by atoms with Crippen LogP contribution in [-0.2, 0) is 17.8 Å². The average Bonchev–Trinajstić information content (AvgIpc) is 2.97. The van der Waals surface area contributed by atoms with Gasteiger partial charge >= 0.3 is 5.97 Å². The first-order chi connectivity index (χ1) is 20.1. The highest BCUT2D eigenvalue weighted by Gasteiger charge is 2.26. The van der Waals surface area contributed by atoms with Crippen molar-refractivity contribution < 1.29 is 23.7 Å². The molecule has 0 spiro atoms. The van der Waals surface area contributed by atoms with E-state index in [1.165, 1.54) is 18.0 Å². The Balaban J connectivity index is 1.85. The zero-order chi connectivity index (χ0) is 30.4. The summed E-state index contributed by atoms with van der Waals surface area (Å²) < 4.78 is 22.7. The van der Waals surface area contributed by atoms with Crippen molar-refractivity contribution in [3.05, 3.63) is 105 Å². The molecule has 0 aliphatic rings. The van der Waals surface area contributed by atoms with Crippen molar-refractivity contribution in [3.8, 4) is 22.9 Å². The van der Waals surface area contributed by atoms with E-state index in [1.54, 1.807) is 26.4 Å². The summed E-state index contributed by atoms with van der Waals surface area (Å²) in [7, 11) is 4.44. The first-order valence-electron chi connectivity index (χ1n) is 13.3. The Labute approximate surface area is 250 Å². The molecule has 0 fully saturated rings. The number of aromatic nitrogens is 2. The van der Waals surface area contributed by atoms with Gasteiger partial charge in [0.1, 0.15) is 23.6 Å². The molecule has 1 heterocycles. The molecule has 10 heteroatoms. The molecule has 0 aliphatic carbocycles. The molecule has 0 saturated carbocycles. The normalized spacial score (nSPS) is 10.9. The lowest BCUT2D eigenvalue weighted by Gasteiger charge is -2.26. The highest BCUT2D eigenvalue weighted by Crippen LogP contribution is 2.30. The Bertz CT molecular complexity index is 1530. The minimum absolute atomic E-state index is 0.0525. The number of aryl methyl sites for hydroxylation is 1. The minimum atomic E-state index is -0.806. The zero-order valence-corrected chi connectivity index (χ0v) is 25.3. The molecule has 0 bridgehead atoms. The summed E-state index contributed by atoms with van der Waals surface area (Å²) in [4.78, 5) is 33.7. The second-order valence-electron chi connectivity index (χ2n) is 9.90. The largest absolute Gasteiger partial charge is 0.497 e. The lowest BCUT2D eigenvalue weighted by atomic mass is 10.1. The molecule has 4 aromatic rings. The smallest absolute Gasteiger partial charge is 0.347 e. The second kappa shape index (κ2) is 13.4. The number of nitrogens with zero attached hydrogens (tertiary/aromatic N) is 3. The standard InChI is InChI=1S/C32H34ClN3O6/c1-20(2)42-26-15-21(3)29(27(33)16-26)36-19-34-30(28(31(36)37)32(38)41-6)35(17-22-7-11-24(39-4)12-8-22)18-23-9-13-25(40-5)14-10-23/h7-16,19-20H,17-18H2,1-6H3. The van der Waals surface area contributed by atoms with Crippen LogP contribution in [0.15, 0.2) is 71.8 Å². The van der Waals surface area contributed by atoms with Crippen molar-refractivity contribution in [3.63, 3.8) is 0 Å². The van der Waals surface area contributed by atoms with Gasteiger partial charge in [0.2, 0.25) is 0 Å². The van der Waals surface area contributed by atoms with Gasteiger partial charge in [-0.05, 0) is 67.8 Å². The van der Waals surface area contributed by atoms with Crippen LogP contribution in [0.1, 0.15) is 40.9 Å². The van der Waals surface area contributed by atoms with Crippen LogP contribution in [0.5, 0.6) is 17.2 Å². The molecule has 1 aromatic heterocycles. The molecule has 9 nitrogen and oxygen atoms in total. The van der Waals surface area contributed by atoms with Crippen molar-refractivity contribution in [2.75, 3.05) is 26.2 Å². The number of carbonyl (C=O) groups is 1. The van der Waals surface area contributed by atoms with Gasteiger partial charge in [0.15, 0.2) is 11.4 Å². The van der Waals surface area contributed by atoms with E-state index >= 15 is 0 Å². The van der Waals surface area contributed by atoms with E-state index in [-0.39, 0.29) is 22.5 Å². The maximum Gasteiger partial charge on any atom is 0.347 e. The molecule has 42 heavy (non-hydrogen) atoms. The number of hydrogen-bond donors (Lipinski definition) is 0. The van der Waals surface area contributed by atoms with Gasteiger partial charge in [-0.3, -0.25) is 9.36 Å². The van der Waals surface area contributed by atoms with Crippen LogP contribution in [0.2, 0.25) is 5.02 Å². The minimum Gasteiger partial charge on any atom is -0.497 e. The Morgan fingerprint density at radius 1 is 0.905 bits per heavy atom. The number of ether oxygens (including phenoxy) is 4. The molecular weight excluding hydrogens is 558 g/mol. The summed E-state index contributed by atoms with van der Waals surface area (Å²) in [5, 5.41) is 0.284. The zero-order valence-electron chi connectivity index (χ0n) is 24.5. The molecule has 3 aromatic carbocycles. The van der Waals surface area contributed by atoms with E-state index in [9.17, 15) is 9.59 Å². The van der Waals surface area contributed by atoms with Gasteiger partial charge in [0.25, 0.3) is 5.56 Å². The molecule has 0 aliphatic heterocycles. The quantitative estimate of drug-likeness (QED) is 0.196. The summed E-state index contributed by atoms with van der Waals surface area (Å²) in [5.74, 6) is 1.39. The fourth-order valence-electron chi connectivity index (χ4n) is 4.58. The Morgan fingerprint density at radius 2 is 1.45 bits per heavy atom. The van der Waals surface area contributed by atoms with Crippen molar-refractivity contribution >= 4 is 23.4 Å². The van der Waals surface area contributed by atoms with E-state index in [1.807, 2.05) is 74.2 Å². The number of methoxy groups -OCH3 is 3. The van der Waals surface area contributed by atoms with E-state index in [2.05, 4.69) is 4.98 Å². The second-order valence-corrected chi connectivity index (χ2v) is 10.3. The number of hydrogen-bond acceptors (Lipinski definition) is 8. The molecule has 0 N–H and O–H groups in total. The lowest BCUT2D eigenvalue weighted by Crippen LogP contribution is -2.33. The van der Waals surface area contributed by atoms with Gasteiger partial charge in [0, 0.05) is 19.2 Å². The van der Waals surface area contributed by atoms with Gasteiger partial charge in [-0.15, -0.1) is 0 Å². The molecule has 0 unspecified atom stereocenters. The van der Waals surface area contributed by atoms with Gasteiger partial charge in [-0.1, -0.05) is 35.9 Å². The van der Waals surface area contributed by atoms with Gasteiger partial charge in [0.05, 0.1) is 38.1 Å². The van der Waals surface area contributed by atoms with E-state index < -0.39 is 11.5 Å². The van der Waals surface area contributed by atoms with Gasteiger partial charge < -0.3 is 23.8 Å². The van der Waals surface area contributed by atoms with Crippen LogP contribution in [-0.4, -0.2) is 43.0 Å². The van der Waals surface area contributed by atoms with Crippen molar-refractivity contribution in [1.82, 2.24) is 9.55 Å². The van der Waals surface area contributed by atoms with Crippen molar-refractivity contribution in [2.24, 2.45) is 0 Å². The van der Waals surface area contributed by atoms with E-state index in [0.29, 0.717) is 41.6 Å². The van der Waals surface area contributed by atoms with Crippen LogP contribution in [0, 0.1) is 6.92 Å². The molecule has 220 valence electrons. The maximum atomic E-state index is 14.0. The molecule has 0 radical (unpaired) electrons. The number of halogens is 1. The molecule has 4 rings (SSSR count). The predicted molar refractivity (Wildman–Crippen MR) is 163 cm³/mol.